The number of rotatable bonds is 2. The van der Waals surface area contributed by atoms with Gasteiger partial charge in [0.05, 0.1) is 18.3 Å². The Bertz CT molecular complexity index is 496. The Labute approximate surface area is 105 Å². The highest BCUT2D eigenvalue weighted by atomic mass is 19.1. The smallest absolute Gasteiger partial charge is 0.123 e. The fraction of sp³-hybridized carbons (Fsp3) is 0.500. The molecule has 0 aromatic heterocycles. The van der Waals surface area contributed by atoms with Gasteiger partial charge in [0.15, 0.2) is 0 Å². The second-order valence-corrected chi connectivity index (χ2v) is 5.13. The van der Waals surface area contributed by atoms with Crippen molar-refractivity contribution in [2.24, 2.45) is 5.41 Å². The van der Waals surface area contributed by atoms with Crippen molar-refractivity contribution in [1.29, 1.82) is 5.26 Å². The zero-order valence-corrected chi connectivity index (χ0v) is 9.84. The van der Waals surface area contributed by atoms with Crippen LogP contribution in [-0.4, -0.2) is 17.3 Å². The molecule has 0 amide bonds. The van der Waals surface area contributed by atoms with E-state index in [9.17, 15) is 14.8 Å². The molecule has 0 aliphatic carbocycles. The number of ether oxygens (including phenoxy) is 1. The molecule has 3 rings (SSSR count). The molecule has 1 aromatic rings. The molecule has 0 spiro atoms. The van der Waals surface area contributed by atoms with E-state index in [1.54, 1.807) is 0 Å². The van der Waals surface area contributed by atoms with Crippen molar-refractivity contribution in [2.45, 2.75) is 37.6 Å². The van der Waals surface area contributed by atoms with Crippen LogP contribution in [0.3, 0.4) is 0 Å². The van der Waals surface area contributed by atoms with Crippen molar-refractivity contribution in [2.75, 3.05) is 0 Å². The summed E-state index contributed by atoms with van der Waals surface area (Å²) < 4.78 is 18.6. The van der Waals surface area contributed by atoms with Gasteiger partial charge in [0, 0.05) is 0 Å². The highest BCUT2D eigenvalue weighted by Crippen LogP contribution is 2.53. The van der Waals surface area contributed by atoms with Crippen LogP contribution in [0.5, 0.6) is 0 Å². The number of nitriles is 1. The Kier molecular flexibility index (Phi) is 2.61. The third-order valence-corrected chi connectivity index (χ3v) is 4.13. The lowest BCUT2D eigenvalue weighted by atomic mass is 9.69. The van der Waals surface area contributed by atoms with Gasteiger partial charge in [0.25, 0.3) is 0 Å². The van der Waals surface area contributed by atoms with Crippen LogP contribution in [0.2, 0.25) is 0 Å². The average molecular weight is 247 g/mol. The molecule has 2 saturated heterocycles. The van der Waals surface area contributed by atoms with Crippen LogP contribution in [0.15, 0.2) is 24.3 Å². The molecule has 4 atom stereocenters. The van der Waals surface area contributed by atoms with E-state index in [0.29, 0.717) is 12.0 Å². The maximum Gasteiger partial charge on any atom is 0.123 e. The minimum atomic E-state index is -0.918. The second-order valence-electron chi connectivity index (χ2n) is 5.13. The van der Waals surface area contributed by atoms with Crippen molar-refractivity contribution in [1.82, 2.24) is 0 Å². The molecule has 2 aliphatic rings. The summed E-state index contributed by atoms with van der Waals surface area (Å²) in [6.45, 7) is 0. The molecule has 2 bridgehead atoms. The molecular weight excluding hydrogens is 233 g/mol. The molecule has 94 valence electrons. The zero-order valence-electron chi connectivity index (χ0n) is 9.84. The quantitative estimate of drug-likeness (QED) is 0.872. The topological polar surface area (TPSA) is 53.2 Å². The van der Waals surface area contributed by atoms with Crippen LogP contribution in [0.25, 0.3) is 0 Å². The van der Waals surface area contributed by atoms with E-state index >= 15 is 0 Å². The van der Waals surface area contributed by atoms with Crippen molar-refractivity contribution < 1.29 is 14.2 Å². The van der Waals surface area contributed by atoms with Crippen LogP contribution in [0.4, 0.5) is 4.39 Å². The van der Waals surface area contributed by atoms with E-state index in [1.807, 2.05) is 0 Å². The molecule has 1 N–H and O–H groups in total. The maximum absolute atomic E-state index is 12.9. The Morgan fingerprint density at radius 2 is 2.11 bits per heavy atom. The van der Waals surface area contributed by atoms with E-state index < -0.39 is 11.5 Å². The summed E-state index contributed by atoms with van der Waals surface area (Å²) in [7, 11) is 0. The normalized spacial score (nSPS) is 35.4. The standard InChI is InChI=1S/C14H14FNO2/c15-10-3-1-9(2-4-10)13(17)14(8-16)7-11-5-6-12(14)18-11/h1-4,11-13,17H,5-7H2. The molecule has 2 fully saturated rings. The predicted molar refractivity (Wildman–Crippen MR) is 61.9 cm³/mol. The van der Waals surface area contributed by atoms with Gasteiger partial charge < -0.3 is 9.84 Å². The summed E-state index contributed by atoms with van der Waals surface area (Å²) in [6, 6.07) is 7.93. The molecular formula is C14H14FNO2. The predicted octanol–water partition coefficient (Wildman–Crippen LogP) is 2.32. The zero-order chi connectivity index (χ0) is 12.8. The van der Waals surface area contributed by atoms with Gasteiger partial charge in [-0.05, 0) is 37.0 Å². The lowest BCUT2D eigenvalue weighted by Crippen LogP contribution is -2.37. The molecule has 2 aliphatic heterocycles. The molecule has 0 saturated carbocycles. The molecule has 18 heavy (non-hydrogen) atoms. The molecule has 2 heterocycles. The molecule has 3 nitrogen and oxygen atoms in total. The van der Waals surface area contributed by atoms with E-state index in [1.165, 1.54) is 24.3 Å². The summed E-state index contributed by atoms with van der Waals surface area (Å²) in [5.74, 6) is -0.346. The largest absolute Gasteiger partial charge is 0.387 e. The fourth-order valence-electron chi connectivity index (χ4n) is 3.15. The number of hydrogen-bond donors (Lipinski definition) is 1. The van der Waals surface area contributed by atoms with E-state index in [4.69, 9.17) is 4.74 Å². The third kappa shape index (κ3) is 1.55. The van der Waals surface area contributed by atoms with Crippen LogP contribution in [0, 0.1) is 22.6 Å². The Hall–Kier alpha value is -1.44. The van der Waals surface area contributed by atoms with Gasteiger partial charge in [-0.25, -0.2) is 4.39 Å². The van der Waals surface area contributed by atoms with E-state index in [-0.39, 0.29) is 18.0 Å². The van der Waals surface area contributed by atoms with Gasteiger partial charge in [-0.1, -0.05) is 12.1 Å². The van der Waals surface area contributed by atoms with Crippen molar-refractivity contribution in [3.8, 4) is 6.07 Å². The van der Waals surface area contributed by atoms with Crippen molar-refractivity contribution in [3.05, 3.63) is 35.6 Å². The monoisotopic (exact) mass is 247 g/mol. The van der Waals surface area contributed by atoms with Crippen molar-refractivity contribution in [3.63, 3.8) is 0 Å². The maximum atomic E-state index is 12.9. The van der Waals surface area contributed by atoms with Crippen molar-refractivity contribution >= 4 is 0 Å². The molecule has 0 radical (unpaired) electrons. The van der Waals surface area contributed by atoms with Gasteiger partial charge in [-0.3, -0.25) is 0 Å². The second kappa shape index (κ2) is 4.04. The Balaban J connectivity index is 1.93. The van der Waals surface area contributed by atoms with Crippen LogP contribution >= 0.6 is 0 Å². The third-order valence-electron chi connectivity index (χ3n) is 4.13. The minimum absolute atomic E-state index is 0.0877. The SMILES string of the molecule is N#CC1(C(O)c2ccc(F)cc2)CC2CCC1O2. The first-order valence-electron chi connectivity index (χ1n) is 6.16. The highest BCUT2D eigenvalue weighted by Gasteiger charge is 2.57. The number of halogens is 1. The number of nitrogens with zero attached hydrogens (tertiary/aromatic N) is 1. The summed E-state index contributed by atoms with van der Waals surface area (Å²) in [4.78, 5) is 0. The van der Waals surface area contributed by atoms with Gasteiger partial charge in [0.1, 0.15) is 17.3 Å². The number of aliphatic hydroxyl groups is 1. The summed E-state index contributed by atoms with van der Waals surface area (Å²) in [5, 5.41) is 19.9. The summed E-state index contributed by atoms with van der Waals surface area (Å²) in [6.07, 6.45) is 1.31. The summed E-state index contributed by atoms with van der Waals surface area (Å²) >= 11 is 0. The van der Waals surface area contributed by atoms with E-state index in [0.717, 1.165) is 12.8 Å². The Morgan fingerprint density at radius 1 is 1.39 bits per heavy atom. The first-order valence-corrected chi connectivity index (χ1v) is 6.16. The van der Waals surface area contributed by atoms with Gasteiger partial charge in [-0.2, -0.15) is 5.26 Å². The lowest BCUT2D eigenvalue weighted by Gasteiger charge is -2.33. The van der Waals surface area contributed by atoms with Crippen LogP contribution < -0.4 is 0 Å². The number of aliphatic hydroxyl groups excluding tert-OH is 1. The fourth-order valence-corrected chi connectivity index (χ4v) is 3.15. The number of benzene rings is 1. The first-order chi connectivity index (χ1) is 8.65. The first kappa shape index (κ1) is 11.6. The number of hydrogen-bond acceptors (Lipinski definition) is 3. The van der Waals surface area contributed by atoms with Gasteiger partial charge in [0.2, 0.25) is 0 Å². The summed E-state index contributed by atoms with van der Waals surface area (Å²) in [5.41, 5.74) is -0.296. The Morgan fingerprint density at radius 3 is 2.61 bits per heavy atom. The van der Waals surface area contributed by atoms with Gasteiger partial charge >= 0.3 is 0 Å². The highest BCUT2D eigenvalue weighted by molar-refractivity contribution is 5.27. The molecule has 4 heteroatoms. The number of fused-ring (bicyclic) bond motifs is 2. The van der Waals surface area contributed by atoms with Gasteiger partial charge in [-0.15, -0.1) is 0 Å². The molecule has 1 aromatic carbocycles. The molecule has 4 unspecified atom stereocenters. The minimum Gasteiger partial charge on any atom is -0.387 e. The average Bonchev–Trinajstić information content (AvgIpc) is 2.99. The van der Waals surface area contributed by atoms with E-state index in [2.05, 4.69) is 6.07 Å². The lowest BCUT2D eigenvalue weighted by molar-refractivity contribution is 0.00339. The van der Waals surface area contributed by atoms with Crippen LogP contribution in [-0.2, 0) is 4.74 Å². The van der Waals surface area contributed by atoms with Crippen LogP contribution in [0.1, 0.15) is 30.9 Å².